The van der Waals surface area contributed by atoms with Gasteiger partial charge in [0, 0.05) is 23.7 Å². The molecule has 1 aromatic heterocycles. The number of Topliss-reactive ketones (excluding diaryl/α,β-unsaturated/α-hetero) is 1. The summed E-state index contributed by atoms with van der Waals surface area (Å²) in [7, 11) is -2.28. The fourth-order valence-corrected chi connectivity index (χ4v) is 5.74. The highest BCUT2D eigenvalue weighted by Gasteiger charge is 2.36. The second-order valence-electron chi connectivity index (χ2n) is 7.48. The molecule has 3 aromatic carbocycles. The second-order valence-corrected chi connectivity index (χ2v) is 9.37. The third kappa shape index (κ3) is 2.72. The van der Waals surface area contributed by atoms with Gasteiger partial charge in [-0.1, -0.05) is 30.3 Å². The highest BCUT2D eigenvalue weighted by molar-refractivity contribution is 7.91. The summed E-state index contributed by atoms with van der Waals surface area (Å²) in [5.41, 5.74) is 1.56. The van der Waals surface area contributed by atoms with Crippen molar-refractivity contribution in [3.8, 4) is 6.07 Å². The maximum atomic E-state index is 13.3. The Morgan fingerprint density at radius 3 is 2.44 bits per heavy atom. The summed E-state index contributed by atoms with van der Waals surface area (Å²) >= 11 is 0. The summed E-state index contributed by atoms with van der Waals surface area (Å²) in [5.74, 6) is -1.98. The van der Waals surface area contributed by atoms with Crippen LogP contribution in [-0.4, -0.2) is 29.5 Å². The van der Waals surface area contributed by atoms with E-state index in [2.05, 4.69) is 4.98 Å². The fourth-order valence-electron chi connectivity index (χ4n) is 4.06. The van der Waals surface area contributed by atoms with Gasteiger partial charge in [0.1, 0.15) is 5.82 Å². The lowest BCUT2D eigenvalue weighted by Crippen LogP contribution is -2.22. The SMILES string of the molecule is Cn1c([C@@H](C#N)C(=O)c2ccc3c(c2)S(=O)(=O)c2ccccc2C3=O)nc2ccccc21. The van der Waals surface area contributed by atoms with Gasteiger partial charge < -0.3 is 4.57 Å². The monoisotopic (exact) mass is 441 g/mol. The van der Waals surface area contributed by atoms with Gasteiger partial charge in [-0.05, 0) is 36.4 Å². The Morgan fingerprint density at radius 1 is 1.00 bits per heavy atom. The number of aryl methyl sites for hydroxylation is 1. The normalized spacial score (nSPS) is 14.9. The molecule has 0 amide bonds. The number of benzene rings is 3. The standard InChI is InChI=1S/C24H15N3O4S/c1-27-19-8-4-3-7-18(19)26-24(27)17(13-25)22(28)14-10-11-16-21(12-14)32(30,31)20-9-5-2-6-15(20)23(16)29/h2-12,17H,1H3/t17-/m0/s1. The predicted molar refractivity (Wildman–Crippen MR) is 115 cm³/mol. The van der Waals surface area contributed by atoms with Gasteiger partial charge in [0.25, 0.3) is 0 Å². The molecule has 0 saturated heterocycles. The van der Waals surface area contributed by atoms with Crippen LogP contribution in [0.4, 0.5) is 0 Å². The fraction of sp³-hybridized carbons (Fsp3) is 0.0833. The Hall–Kier alpha value is -4.09. The molecular formula is C24H15N3O4S. The smallest absolute Gasteiger partial charge is 0.208 e. The summed E-state index contributed by atoms with van der Waals surface area (Å²) in [6.07, 6.45) is 0. The van der Waals surface area contributed by atoms with E-state index in [0.29, 0.717) is 5.52 Å². The molecule has 2 heterocycles. The van der Waals surface area contributed by atoms with E-state index in [1.54, 1.807) is 29.8 Å². The third-order valence-corrected chi connectivity index (χ3v) is 7.54. The molecule has 0 bridgehead atoms. The van der Waals surface area contributed by atoms with Crippen molar-refractivity contribution in [1.29, 1.82) is 5.26 Å². The van der Waals surface area contributed by atoms with Gasteiger partial charge in [-0.3, -0.25) is 9.59 Å². The van der Waals surface area contributed by atoms with Crippen LogP contribution in [0.15, 0.2) is 76.5 Å². The number of nitriles is 1. The molecule has 0 aliphatic carbocycles. The van der Waals surface area contributed by atoms with Crippen LogP contribution in [0.25, 0.3) is 11.0 Å². The Kier molecular flexibility index (Phi) is 4.32. The average molecular weight is 441 g/mol. The molecule has 0 spiro atoms. The summed E-state index contributed by atoms with van der Waals surface area (Å²) in [5, 5.41) is 9.78. The number of carbonyl (C=O) groups excluding carboxylic acids is 2. The van der Waals surface area contributed by atoms with Crippen LogP contribution in [0.2, 0.25) is 0 Å². The number of ketones is 2. The lowest BCUT2D eigenvalue weighted by molar-refractivity contribution is 0.0972. The number of hydrogen-bond donors (Lipinski definition) is 0. The van der Waals surface area contributed by atoms with Crippen molar-refractivity contribution >= 4 is 32.4 Å². The summed E-state index contributed by atoms with van der Waals surface area (Å²) in [4.78, 5) is 30.2. The first-order chi connectivity index (χ1) is 15.3. The Bertz CT molecular complexity index is 1610. The molecule has 8 heteroatoms. The zero-order chi connectivity index (χ0) is 22.6. The van der Waals surface area contributed by atoms with E-state index in [1.165, 1.54) is 30.3 Å². The van der Waals surface area contributed by atoms with E-state index < -0.39 is 27.3 Å². The number of imidazole rings is 1. The lowest BCUT2D eigenvalue weighted by Gasteiger charge is -2.19. The van der Waals surface area contributed by atoms with Crippen LogP contribution >= 0.6 is 0 Å². The van der Waals surface area contributed by atoms with Crippen molar-refractivity contribution in [2.75, 3.05) is 0 Å². The van der Waals surface area contributed by atoms with E-state index in [9.17, 15) is 23.3 Å². The van der Waals surface area contributed by atoms with Gasteiger partial charge in [-0.2, -0.15) is 5.26 Å². The number of hydrogen-bond acceptors (Lipinski definition) is 6. The minimum Gasteiger partial charge on any atom is -0.330 e. The van der Waals surface area contributed by atoms with Crippen LogP contribution in [0.1, 0.15) is 38.0 Å². The quantitative estimate of drug-likeness (QED) is 0.397. The summed E-state index contributed by atoms with van der Waals surface area (Å²) < 4.78 is 28.0. The first kappa shape index (κ1) is 19.8. The Labute approximate surface area is 183 Å². The molecular weight excluding hydrogens is 426 g/mol. The molecule has 0 radical (unpaired) electrons. The number of fused-ring (bicyclic) bond motifs is 3. The number of para-hydroxylation sites is 2. The lowest BCUT2D eigenvalue weighted by atomic mass is 9.95. The molecule has 0 unspecified atom stereocenters. The molecule has 1 atom stereocenters. The Balaban J connectivity index is 1.62. The molecule has 0 saturated carbocycles. The number of rotatable bonds is 3. The molecule has 1 aliphatic rings. The number of sulfone groups is 1. The van der Waals surface area contributed by atoms with Crippen molar-refractivity contribution < 1.29 is 18.0 Å². The van der Waals surface area contributed by atoms with E-state index in [0.717, 1.165) is 5.52 Å². The van der Waals surface area contributed by atoms with Gasteiger partial charge in [0.15, 0.2) is 17.5 Å². The third-order valence-electron chi connectivity index (χ3n) is 5.69. The van der Waals surface area contributed by atoms with E-state index in [-0.39, 0.29) is 32.3 Å². The minimum absolute atomic E-state index is 0.0106. The van der Waals surface area contributed by atoms with Crippen molar-refractivity contribution in [2.45, 2.75) is 15.7 Å². The van der Waals surface area contributed by atoms with Crippen molar-refractivity contribution in [1.82, 2.24) is 9.55 Å². The predicted octanol–water partition coefficient (Wildman–Crippen LogP) is 3.44. The second kappa shape index (κ2) is 6.97. The highest BCUT2D eigenvalue weighted by Crippen LogP contribution is 2.35. The topological polar surface area (TPSA) is 110 Å². The van der Waals surface area contributed by atoms with Crippen molar-refractivity contribution in [3.05, 3.63) is 89.2 Å². The maximum Gasteiger partial charge on any atom is 0.208 e. The van der Waals surface area contributed by atoms with Gasteiger partial charge >= 0.3 is 0 Å². The first-order valence-corrected chi connectivity index (χ1v) is 11.2. The van der Waals surface area contributed by atoms with Crippen LogP contribution in [0.5, 0.6) is 0 Å². The molecule has 5 rings (SSSR count). The van der Waals surface area contributed by atoms with Crippen LogP contribution in [0.3, 0.4) is 0 Å². The van der Waals surface area contributed by atoms with Crippen molar-refractivity contribution in [2.24, 2.45) is 7.05 Å². The molecule has 0 N–H and O–H groups in total. The van der Waals surface area contributed by atoms with Crippen LogP contribution < -0.4 is 0 Å². The van der Waals surface area contributed by atoms with Gasteiger partial charge in [-0.15, -0.1) is 0 Å². The van der Waals surface area contributed by atoms with Crippen molar-refractivity contribution in [3.63, 3.8) is 0 Å². The molecule has 0 fully saturated rings. The number of carbonyl (C=O) groups is 2. The number of aromatic nitrogens is 2. The summed E-state index contributed by atoms with van der Waals surface area (Å²) in [6, 6.07) is 19.1. The maximum absolute atomic E-state index is 13.3. The zero-order valence-electron chi connectivity index (χ0n) is 16.8. The van der Waals surface area contributed by atoms with Gasteiger partial charge in [0.05, 0.1) is 26.9 Å². The molecule has 7 nitrogen and oxygen atoms in total. The van der Waals surface area contributed by atoms with E-state index in [4.69, 9.17) is 0 Å². The first-order valence-electron chi connectivity index (χ1n) is 9.72. The molecule has 32 heavy (non-hydrogen) atoms. The number of nitrogens with zero attached hydrogens (tertiary/aromatic N) is 3. The minimum atomic E-state index is -3.99. The highest BCUT2D eigenvalue weighted by atomic mass is 32.2. The molecule has 156 valence electrons. The summed E-state index contributed by atoms with van der Waals surface area (Å²) in [6.45, 7) is 0. The largest absolute Gasteiger partial charge is 0.330 e. The zero-order valence-corrected chi connectivity index (χ0v) is 17.6. The van der Waals surface area contributed by atoms with Gasteiger partial charge in [0.2, 0.25) is 9.84 Å². The van der Waals surface area contributed by atoms with Crippen LogP contribution in [0, 0.1) is 11.3 Å². The van der Waals surface area contributed by atoms with E-state index >= 15 is 0 Å². The molecule has 1 aliphatic heterocycles. The molecule has 4 aromatic rings. The average Bonchev–Trinajstić information content (AvgIpc) is 3.14. The van der Waals surface area contributed by atoms with Crippen LogP contribution in [-0.2, 0) is 16.9 Å². The van der Waals surface area contributed by atoms with E-state index in [1.807, 2.05) is 24.3 Å². The van der Waals surface area contributed by atoms with Gasteiger partial charge in [-0.25, -0.2) is 13.4 Å². The Morgan fingerprint density at radius 2 is 1.69 bits per heavy atom.